The Morgan fingerprint density at radius 3 is 3.00 bits per heavy atom. The van der Waals surface area contributed by atoms with Gasteiger partial charge < -0.3 is 0 Å². The first-order chi connectivity index (χ1) is 6.35. The molecule has 13 heavy (non-hydrogen) atoms. The molecule has 0 bridgehead atoms. The predicted octanol–water partition coefficient (Wildman–Crippen LogP) is 2.59. The van der Waals surface area contributed by atoms with Crippen LogP contribution in [-0.2, 0) is 0 Å². The van der Waals surface area contributed by atoms with Gasteiger partial charge in [0, 0.05) is 10.1 Å². The molecule has 1 aromatic carbocycles. The Morgan fingerprint density at radius 1 is 1.46 bits per heavy atom. The molecule has 3 heteroatoms. The van der Waals surface area contributed by atoms with Crippen molar-refractivity contribution in [2.45, 2.75) is 0 Å². The number of rotatable bonds is 1. The van der Waals surface area contributed by atoms with Crippen LogP contribution in [0.3, 0.4) is 0 Å². The first kappa shape index (κ1) is 7.96. The number of benzene rings is 1. The maximum absolute atomic E-state index is 10.5. The van der Waals surface area contributed by atoms with Crippen LogP contribution in [0.1, 0.15) is 15.2 Å². The number of carbonyl (C=O) groups excluding carboxylic acids is 1. The molecule has 0 unspecified atom stereocenters. The normalized spacial score (nSPS) is 9.77. The quantitative estimate of drug-likeness (QED) is 0.644. The third kappa shape index (κ3) is 1.21. The zero-order chi connectivity index (χ0) is 9.26. The van der Waals surface area contributed by atoms with Crippen molar-refractivity contribution in [1.29, 1.82) is 5.26 Å². The Labute approximate surface area is 79.0 Å². The van der Waals surface area contributed by atoms with E-state index in [9.17, 15) is 4.79 Å². The van der Waals surface area contributed by atoms with Gasteiger partial charge in [0.05, 0.1) is 16.5 Å². The van der Waals surface area contributed by atoms with E-state index in [4.69, 9.17) is 5.26 Å². The highest BCUT2D eigenvalue weighted by Crippen LogP contribution is 2.26. The van der Waals surface area contributed by atoms with Crippen LogP contribution >= 0.6 is 11.3 Å². The number of carbonyl (C=O) groups is 1. The molecular weight excluding hydrogens is 182 g/mol. The summed E-state index contributed by atoms with van der Waals surface area (Å²) in [5, 5.41) is 9.66. The van der Waals surface area contributed by atoms with Crippen molar-refractivity contribution in [3.63, 3.8) is 0 Å². The molecule has 1 heterocycles. The van der Waals surface area contributed by atoms with E-state index >= 15 is 0 Å². The maximum atomic E-state index is 10.5. The van der Waals surface area contributed by atoms with Gasteiger partial charge in [-0.15, -0.1) is 11.3 Å². The minimum Gasteiger partial charge on any atom is -0.297 e. The summed E-state index contributed by atoms with van der Waals surface area (Å²) < 4.78 is 0.987. The molecule has 2 aromatic rings. The highest BCUT2D eigenvalue weighted by atomic mass is 32.1. The molecule has 0 amide bonds. The highest BCUT2D eigenvalue weighted by molar-refractivity contribution is 7.20. The average molecular weight is 187 g/mol. The molecule has 2 rings (SSSR count). The van der Waals surface area contributed by atoms with Gasteiger partial charge in [0.25, 0.3) is 0 Å². The van der Waals surface area contributed by atoms with Gasteiger partial charge in [-0.3, -0.25) is 4.79 Å². The number of nitriles is 1. The van der Waals surface area contributed by atoms with Gasteiger partial charge in [0.2, 0.25) is 0 Å². The molecule has 0 aliphatic carbocycles. The van der Waals surface area contributed by atoms with Crippen molar-refractivity contribution in [3.8, 4) is 6.07 Å². The second kappa shape index (κ2) is 3.00. The monoisotopic (exact) mass is 187 g/mol. The van der Waals surface area contributed by atoms with Crippen LogP contribution < -0.4 is 0 Å². The standard InChI is InChI=1S/C10H5NOS/c11-5-7-2-1-3-10-9(7)4-8(6-12)13-10/h1-4,6H. The van der Waals surface area contributed by atoms with Crippen LogP contribution in [0.25, 0.3) is 10.1 Å². The lowest BCUT2D eigenvalue weighted by Crippen LogP contribution is -1.72. The van der Waals surface area contributed by atoms with Gasteiger partial charge >= 0.3 is 0 Å². The Bertz CT molecular complexity index is 507. The molecule has 62 valence electrons. The fraction of sp³-hybridized carbons (Fsp3) is 0. The molecular formula is C10H5NOS. The second-order valence-electron chi connectivity index (χ2n) is 2.60. The van der Waals surface area contributed by atoms with Crippen LogP contribution in [-0.4, -0.2) is 6.29 Å². The number of fused-ring (bicyclic) bond motifs is 1. The summed E-state index contributed by atoms with van der Waals surface area (Å²) in [6.45, 7) is 0. The first-order valence-corrected chi connectivity index (χ1v) is 4.54. The molecule has 0 saturated carbocycles. The summed E-state index contributed by atoms with van der Waals surface area (Å²) in [6, 6.07) is 9.34. The molecule has 0 atom stereocenters. The van der Waals surface area contributed by atoms with E-state index in [1.165, 1.54) is 11.3 Å². The van der Waals surface area contributed by atoms with Gasteiger partial charge in [0.1, 0.15) is 0 Å². The van der Waals surface area contributed by atoms with Crippen LogP contribution in [0.2, 0.25) is 0 Å². The van der Waals surface area contributed by atoms with Crippen molar-refractivity contribution in [2.24, 2.45) is 0 Å². The largest absolute Gasteiger partial charge is 0.297 e. The summed E-state index contributed by atoms with van der Waals surface area (Å²) in [7, 11) is 0. The Hall–Kier alpha value is -1.66. The van der Waals surface area contributed by atoms with Crippen LogP contribution in [0, 0.1) is 11.3 Å². The molecule has 0 aliphatic rings. The minimum absolute atomic E-state index is 0.627. The van der Waals surface area contributed by atoms with Crippen molar-refractivity contribution in [1.82, 2.24) is 0 Å². The Morgan fingerprint density at radius 2 is 2.31 bits per heavy atom. The number of aldehydes is 1. The van der Waals surface area contributed by atoms with Crippen molar-refractivity contribution in [2.75, 3.05) is 0 Å². The maximum Gasteiger partial charge on any atom is 0.160 e. The summed E-state index contributed by atoms with van der Waals surface area (Å²) in [5.74, 6) is 0. The Balaban J connectivity index is 2.83. The molecule has 0 spiro atoms. The van der Waals surface area contributed by atoms with E-state index in [-0.39, 0.29) is 0 Å². The van der Waals surface area contributed by atoms with E-state index in [0.717, 1.165) is 16.4 Å². The fourth-order valence-corrected chi connectivity index (χ4v) is 2.14. The number of nitrogens with zero attached hydrogens (tertiary/aromatic N) is 1. The van der Waals surface area contributed by atoms with Crippen LogP contribution in [0.5, 0.6) is 0 Å². The highest BCUT2D eigenvalue weighted by Gasteiger charge is 2.04. The van der Waals surface area contributed by atoms with E-state index in [2.05, 4.69) is 6.07 Å². The van der Waals surface area contributed by atoms with Gasteiger partial charge in [0.15, 0.2) is 6.29 Å². The zero-order valence-electron chi connectivity index (χ0n) is 6.65. The molecule has 0 radical (unpaired) electrons. The molecule has 0 saturated heterocycles. The lowest BCUT2D eigenvalue weighted by atomic mass is 10.1. The van der Waals surface area contributed by atoms with Crippen LogP contribution in [0.4, 0.5) is 0 Å². The fourth-order valence-electron chi connectivity index (χ4n) is 1.24. The topological polar surface area (TPSA) is 40.9 Å². The Kier molecular flexibility index (Phi) is 1.84. The number of thiophene rings is 1. The van der Waals surface area contributed by atoms with Gasteiger partial charge in [-0.05, 0) is 18.2 Å². The molecule has 0 aliphatic heterocycles. The number of hydrogen-bond acceptors (Lipinski definition) is 3. The zero-order valence-corrected chi connectivity index (χ0v) is 7.47. The van der Waals surface area contributed by atoms with Gasteiger partial charge in [-0.25, -0.2) is 0 Å². The summed E-state index contributed by atoms with van der Waals surface area (Å²) >= 11 is 1.41. The summed E-state index contributed by atoms with van der Waals surface area (Å²) in [6.07, 6.45) is 0.811. The summed E-state index contributed by atoms with van der Waals surface area (Å²) in [4.78, 5) is 11.2. The van der Waals surface area contributed by atoms with Gasteiger partial charge in [-0.2, -0.15) is 5.26 Å². The summed E-state index contributed by atoms with van der Waals surface area (Å²) in [5.41, 5.74) is 0.627. The van der Waals surface area contributed by atoms with Crippen molar-refractivity contribution in [3.05, 3.63) is 34.7 Å². The lowest BCUT2D eigenvalue weighted by Gasteiger charge is -1.89. The van der Waals surface area contributed by atoms with Gasteiger partial charge in [-0.1, -0.05) is 6.07 Å². The lowest BCUT2D eigenvalue weighted by molar-refractivity contribution is 0.112. The van der Waals surface area contributed by atoms with E-state index in [0.29, 0.717) is 10.4 Å². The molecule has 0 N–H and O–H groups in total. The van der Waals surface area contributed by atoms with E-state index < -0.39 is 0 Å². The first-order valence-electron chi connectivity index (χ1n) is 3.73. The molecule has 1 aromatic heterocycles. The third-order valence-electron chi connectivity index (χ3n) is 1.82. The second-order valence-corrected chi connectivity index (χ2v) is 3.71. The van der Waals surface area contributed by atoms with Crippen LogP contribution in [0.15, 0.2) is 24.3 Å². The molecule has 0 fully saturated rings. The predicted molar refractivity (Wildman–Crippen MR) is 51.9 cm³/mol. The average Bonchev–Trinajstić information content (AvgIpc) is 2.59. The number of hydrogen-bond donors (Lipinski definition) is 0. The van der Waals surface area contributed by atoms with Crippen molar-refractivity contribution >= 4 is 27.7 Å². The van der Waals surface area contributed by atoms with Crippen molar-refractivity contribution < 1.29 is 4.79 Å². The van der Waals surface area contributed by atoms with E-state index in [1.807, 2.05) is 12.1 Å². The smallest absolute Gasteiger partial charge is 0.160 e. The third-order valence-corrected chi connectivity index (χ3v) is 2.84. The SMILES string of the molecule is N#Cc1cccc2sc(C=O)cc12. The van der Waals surface area contributed by atoms with E-state index in [1.54, 1.807) is 12.1 Å². The molecule has 2 nitrogen and oxygen atoms in total. The minimum atomic E-state index is 0.627.